The Hall–Kier alpha value is -3.50. The summed E-state index contributed by atoms with van der Waals surface area (Å²) in [6, 6.07) is 29.4. The molecule has 3 nitrogen and oxygen atoms in total. The van der Waals surface area contributed by atoms with E-state index in [4.69, 9.17) is 10.1 Å². The van der Waals surface area contributed by atoms with Crippen LogP contribution in [0.15, 0.2) is 90.3 Å². The van der Waals surface area contributed by atoms with Crippen molar-refractivity contribution in [3.05, 3.63) is 101 Å². The van der Waals surface area contributed by atoms with Gasteiger partial charge in [-0.15, -0.1) is 11.3 Å². The molecule has 5 rings (SSSR count). The van der Waals surface area contributed by atoms with Gasteiger partial charge in [0.1, 0.15) is 0 Å². The maximum atomic E-state index is 4.97. The van der Waals surface area contributed by atoms with Gasteiger partial charge in [0, 0.05) is 22.1 Å². The Kier molecular flexibility index (Phi) is 4.77. The molecule has 0 bridgehead atoms. The molecule has 2 aromatic heterocycles. The molecule has 0 aliphatic carbocycles. The molecule has 0 fully saturated rings. The van der Waals surface area contributed by atoms with Crippen LogP contribution in [0.3, 0.4) is 0 Å². The molecule has 3 aromatic carbocycles. The highest BCUT2D eigenvalue weighted by molar-refractivity contribution is 7.12. The van der Waals surface area contributed by atoms with E-state index in [9.17, 15) is 0 Å². The molecule has 0 saturated carbocycles. The zero-order chi connectivity index (χ0) is 20.5. The van der Waals surface area contributed by atoms with Crippen molar-refractivity contribution < 1.29 is 0 Å². The van der Waals surface area contributed by atoms with Gasteiger partial charge in [0.25, 0.3) is 0 Å². The Morgan fingerprint density at radius 2 is 1.33 bits per heavy atom. The van der Waals surface area contributed by atoms with Gasteiger partial charge < -0.3 is 0 Å². The lowest BCUT2D eigenvalue weighted by Crippen LogP contribution is -1.99. The van der Waals surface area contributed by atoms with E-state index in [2.05, 4.69) is 86.0 Å². The van der Waals surface area contributed by atoms with E-state index in [0.29, 0.717) is 0 Å². The average molecular weight is 408 g/mol. The topological polar surface area (TPSA) is 30.7 Å². The van der Waals surface area contributed by atoms with Crippen LogP contribution in [0, 0.1) is 13.8 Å². The molecular formula is C26H21N3S. The first-order chi connectivity index (χ1) is 14.7. The molecule has 2 heterocycles. The van der Waals surface area contributed by atoms with Crippen molar-refractivity contribution in [2.45, 2.75) is 13.8 Å². The minimum Gasteiger partial charge on any atom is -0.218 e. The first kappa shape index (κ1) is 18.5. The van der Waals surface area contributed by atoms with Crippen molar-refractivity contribution in [1.82, 2.24) is 14.8 Å². The van der Waals surface area contributed by atoms with Gasteiger partial charge in [0.05, 0.1) is 17.1 Å². The fourth-order valence-corrected chi connectivity index (χ4v) is 4.38. The Morgan fingerprint density at radius 3 is 2.07 bits per heavy atom. The van der Waals surface area contributed by atoms with E-state index < -0.39 is 0 Å². The largest absolute Gasteiger partial charge is 0.218 e. The molecule has 4 heteroatoms. The summed E-state index contributed by atoms with van der Waals surface area (Å²) >= 11 is 1.61. The zero-order valence-corrected chi connectivity index (χ0v) is 17.7. The van der Waals surface area contributed by atoms with Crippen LogP contribution in [0.2, 0.25) is 0 Å². The van der Waals surface area contributed by atoms with Crippen molar-refractivity contribution in [3.63, 3.8) is 0 Å². The number of rotatable bonds is 4. The predicted molar refractivity (Wildman–Crippen MR) is 125 cm³/mol. The third-order valence-corrected chi connectivity index (χ3v) is 5.90. The molecule has 0 unspecified atom stereocenters. The number of hydrogen-bond donors (Lipinski definition) is 0. The fraction of sp³-hybridized carbons (Fsp3) is 0.0769. The molecule has 30 heavy (non-hydrogen) atoms. The number of thiazole rings is 1. The summed E-state index contributed by atoms with van der Waals surface area (Å²) in [5, 5.41) is 7.93. The molecule has 0 spiro atoms. The monoisotopic (exact) mass is 407 g/mol. The fourth-order valence-electron chi connectivity index (χ4n) is 3.59. The molecule has 5 aromatic rings. The van der Waals surface area contributed by atoms with Gasteiger partial charge in [0.15, 0.2) is 0 Å². The van der Waals surface area contributed by atoms with Crippen LogP contribution >= 0.6 is 11.3 Å². The molecule has 0 N–H and O–H groups in total. The lowest BCUT2D eigenvalue weighted by atomic mass is 10.1. The van der Waals surface area contributed by atoms with E-state index in [-0.39, 0.29) is 0 Å². The number of benzene rings is 3. The van der Waals surface area contributed by atoms with Crippen molar-refractivity contribution in [2.75, 3.05) is 0 Å². The van der Waals surface area contributed by atoms with Crippen LogP contribution in [0.5, 0.6) is 0 Å². The lowest BCUT2D eigenvalue weighted by Gasteiger charge is -2.05. The predicted octanol–water partition coefficient (Wildman–Crippen LogP) is 6.95. The van der Waals surface area contributed by atoms with E-state index in [1.165, 1.54) is 11.1 Å². The molecule has 146 valence electrons. The molecule has 0 amide bonds. The van der Waals surface area contributed by atoms with Gasteiger partial charge in [-0.2, -0.15) is 5.10 Å². The normalized spacial score (nSPS) is 11.0. The summed E-state index contributed by atoms with van der Waals surface area (Å²) in [4.78, 5) is 4.90. The Labute approximate surface area is 180 Å². The maximum absolute atomic E-state index is 4.97. The second kappa shape index (κ2) is 7.73. The summed E-state index contributed by atoms with van der Waals surface area (Å²) in [6.07, 6.45) is 0. The highest BCUT2D eigenvalue weighted by atomic mass is 32.1. The highest BCUT2D eigenvalue weighted by Crippen LogP contribution is 2.32. The van der Waals surface area contributed by atoms with Crippen LogP contribution in [-0.2, 0) is 0 Å². The van der Waals surface area contributed by atoms with Crippen LogP contribution in [-0.4, -0.2) is 14.8 Å². The summed E-state index contributed by atoms with van der Waals surface area (Å²) in [5.74, 6) is 0. The third-order valence-electron chi connectivity index (χ3n) is 5.08. The number of aryl methyl sites for hydroxylation is 2. The zero-order valence-electron chi connectivity index (χ0n) is 16.9. The Balaban J connectivity index is 1.66. The molecular weight excluding hydrogens is 386 g/mol. The standard InChI is InChI=1S/C26H21N3S/c1-18-8-6-12-21(14-18)23-16-25(22-13-7-9-19(2)15-22)29(28-23)26-27-24(17-30-26)20-10-4-3-5-11-20/h3-17H,1-2H3. The van der Waals surface area contributed by atoms with Gasteiger partial charge in [-0.25, -0.2) is 9.67 Å². The lowest BCUT2D eigenvalue weighted by molar-refractivity contribution is 0.881. The second-order valence-corrected chi connectivity index (χ2v) is 8.28. The number of nitrogens with zero attached hydrogens (tertiary/aromatic N) is 3. The number of aromatic nitrogens is 3. The molecule has 0 radical (unpaired) electrons. The van der Waals surface area contributed by atoms with Crippen molar-refractivity contribution >= 4 is 11.3 Å². The van der Waals surface area contributed by atoms with E-state index in [1.54, 1.807) is 11.3 Å². The first-order valence-electron chi connectivity index (χ1n) is 9.93. The van der Waals surface area contributed by atoms with E-state index >= 15 is 0 Å². The van der Waals surface area contributed by atoms with Gasteiger partial charge >= 0.3 is 0 Å². The minimum atomic E-state index is 0.865. The SMILES string of the molecule is Cc1cccc(-c2cc(-c3cccc(C)c3)n(-c3nc(-c4ccccc4)cs3)n2)c1. The summed E-state index contributed by atoms with van der Waals surface area (Å²) in [7, 11) is 0. The smallest absolute Gasteiger partial charge is 0.211 e. The van der Waals surface area contributed by atoms with Gasteiger partial charge in [-0.05, 0) is 32.0 Å². The molecule has 0 aliphatic rings. The minimum absolute atomic E-state index is 0.865. The first-order valence-corrected chi connectivity index (χ1v) is 10.8. The van der Waals surface area contributed by atoms with Crippen LogP contribution in [0.25, 0.3) is 38.9 Å². The van der Waals surface area contributed by atoms with Crippen molar-refractivity contribution in [1.29, 1.82) is 0 Å². The van der Waals surface area contributed by atoms with Crippen molar-refractivity contribution in [2.24, 2.45) is 0 Å². The summed E-state index contributed by atoms with van der Waals surface area (Å²) in [5.41, 5.74) is 8.78. The second-order valence-electron chi connectivity index (χ2n) is 7.45. The van der Waals surface area contributed by atoms with E-state index in [0.717, 1.165) is 38.9 Å². The van der Waals surface area contributed by atoms with Gasteiger partial charge in [0.2, 0.25) is 5.13 Å². The number of hydrogen-bond acceptors (Lipinski definition) is 3. The Bertz CT molecular complexity index is 1320. The van der Waals surface area contributed by atoms with E-state index in [1.807, 2.05) is 22.9 Å². The van der Waals surface area contributed by atoms with Crippen LogP contribution < -0.4 is 0 Å². The summed E-state index contributed by atoms with van der Waals surface area (Å²) < 4.78 is 1.98. The molecule has 0 atom stereocenters. The third kappa shape index (κ3) is 3.58. The average Bonchev–Trinajstić information content (AvgIpc) is 3.42. The van der Waals surface area contributed by atoms with Gasteiger partial charge in [-0.1, -0.05) is 77.9 Å². The van der Waals surface area contributed by atoms with Crippen LogP contribution in [0.1, 0.15) is 11.1 Å². The highest BCUT2D eigenvalue weighted by Gasteiger charge is 2.16. The maximum Gasteiger partial charge on any atom is 0.211 e. The Morgan fingerprint density at radius 1 is 0.667 bits per heavy atom. The van der Waals surface area contributed by atoms with Gasteiger partial charge in [-0.3, -0.25) is 0 Å². The quantitative estimate of drug-likeness (QED) is 0.323. The van der Waals surface area contributed by atoms with Crippen molar-refractivity contribution in [3.8, 4) is 38.9 Å². The van der Waals surface area contributed by atoms with Crippen LogP contribution in [0.4, 0.5) is 0 Å². The summed E-state index contributed by atoms with van der Waals surface area (Å²) in [6.45, 7) is 4.22. The molecule has 0 aliphatic heterocycles. The molecule has 0 saturated heterocycles.